The fourth-order valence-corrected chi connectivity index (χ4v) is 2.84. The molecular weight excluding hydrogens is 296 g/mol. The second kappa shape index (κ2) is 4.79. The largest absolute Gasteiger partial charge is 0.503 e. The molecule has 0 bridgehead atoms. The molecule has 2 N–H and O–H groups in total. The van der Waals surface area contributed by atoms with Gasteiger partial charge in [-0.05, 0) is 25.3 Å². The molecule has 7 heteroatoms. The topological polar surface area (TPSA) is 79.5 Å². The van der Waals surface area contributed by atoms with Gasteiger partial charge < -0.3 is 14.8 Å². The Labute approximate surface area is 123 Å². The van der Waals surface area contributed by atoms with Gasteiger partial charge in [0.15, 0.2) is 11.6 Å². The first-order valence-corrected chi connectivity index (χ1v) is 6.89. The van der Waals surface area contributed by atoms with Crippen LogP contribution in [0, 0.1) is 11.6 Å². The van der Waals surface area contributed by atoms with Crippen LogP contribution in [0.2, 0.25) is 0 Å². The van der Waals surface area contributed by atoms with Gasteiger partial charge >= 0.3 is 5.97 Å². The summed E-state index contributed by atoms with van der Waals surface area (Å²) in [5, 5.41) is 18.9. The molecule has 1 aliphatic carbocycles. The predicted octanol–water partition coefficient (Wildman–Crippen LogP) is 2.58. The molecule has 5 nitrogen and oxygen atoms in total. The highest BCUT2D eigenvalue weighted by Crippen LogP contribution is 2.41. The number of carbonyl (C=O) groups is 1. The van der Waals surface area contributed by atoms with Crippen molar-refractivity contribution in [1.82, 2.24) is 4.57 Å². The van der Waals surface area contributed by atoms with Crippen LogP contribution in [-0.2, 0) is 6.42 Å². The number of hydrogen-bond donors (Lipinski definition) is 2. The third-order valence-corrected chi connectivity index (χ3v) is 3.92. The number of fused-ring (bicyclic) bond motifs is 1. The van der Waals surface area contributed by atoms with E-state index in [-0.39, 0.29) is 29.1 Å². The highest BCUT2D eigenvalue weighted by atomic mass is 19.2. The molecule has 0 radical (unpaired) electrons. The van der Waals surface area contributed by atoms with Crippen LogP contribution in [0.4, 0.5) is 8.78 Å². The molecule has 0 spiro atoms. The number of benzene rings is 1. The highest BCUT2D eigenvalue weighted by Gasteiger charge is 2.32. The molecule has 1 aromatic heterocycles. The number of phenols is 1. The van der Waals surface area contributed by atoms with E-state index < -0.39 is 34.3 Å². The van der Waals surface area contributed by atoms with Gasteiger partial charge in [-0.15, -0.1) is 0 Å². The number of hydrogen-bond acceptors (Lipinski definition) is 3. The second-order valence-electron chi connectivity index (χ2n) is 5.33. The lowest BCUT2D eigenvalue weighted by atomic mass is 10.0. The SMILES string of the molecule is CCc1c(C(=O)O)c(=O)c2cc(F)c(F)c(O)c2n1C1CC1. The Balaban J connectivity index is 2.61. The van der Waals surface area contributed by atoms with Gasteiger partial charge in [0.25, 0.3) is 0 Å². The maximum absolute atomic E-state index is 13.7. The molecule has 22 heavy (non-hydrogen) atoms. The number of aromatic carboxylic acids is 1. The van der Waals surface area contributed by atoms with Crippen molar-refractivity contribution in [3.63, 3.8) is 0 Å². The van der Waals surface area contributed by atoms with E-state index in [0.29, 0.717) is 6.07 Å². The molecular formula is C15H13F2NO4. The maximum Gasteiger partial charge on any atom is 0.341 e. The van der Waals surface area contributed by atoms with Crippen LogP contribution in [0.5, 0.6) is 5.75 Å². The van der Waals surface area contributed by atoms with Crippen LogP contribution in [0.3, 0.4) is 0 Å². The smallest absolute Gasteiger partial charge is 0.341 e. The van der Waals surface area contributed by atoms with Crippen molar-refractivity contribution >= 4 is 16.9 Å². The number of phenolic OH excluding ortho intramolecular Hbond substituents is 1. The van der Waals surface area contributed by atoms with Gasteiger partial charge in [0, 0.05) is 11.7 Å². The standard InChI is InChI=1S/C15H13F2NO4/c1-2-9-10(15(21)22)13(19)7-5-8(16)11(17)14(20)12(7)18(9)6-3-4-6/h5-6,20H,2-4H2,1H3,(H,21,22). The van der Waals surface area contributed by atoms with Crippen LogP contribution < -0.4 is 5.43 Å². The van der Waals surface area contributed by atoms with Crippen molar-refractivity contribution in [1.29, 1.82) is 0 Å². The molecule has 1 aliphatic rings. The van der Waals surface area contributed by atoms with Gasteiger partial charge in [-0.1, -0.05) is 6.92 Å². The van der Waals surface area contributed by atoms with Gasteiger partial charge in [0.05, 0.1) is 10.9 Å². The third kappa shape index (κ3) is 1.88. The molecule has 116 valence electrons. The Bertz CT molecular complexity index is 868. The molecule has 0 amide bonds. The summed E-state index contributed by atoms with van der Waals surface area (Å²) in [6.07, 6.45) is 1.67. The lowest BCUT2D eigenvalue weighted by molar-refractivity contribution is 0.0693. The zero-order valence-corrected chi connectivity index (χ0v) is 11.7. The van der Waals surface area contributed by atoms with Crippen LogP contribution in [0.25, 0.3) is 10.9 Å². The van der Waals surface area contributed by atoms with Gasteiger partial charge in [-0.2, -0.15) is 4.39 Å². The number of aromatic hydroxyl groups is 1. The molecule has 1 saturated carbocycles. The number of pyridine rings is 1. The highest BCUT2D eigenvalue weighted by molar-refractivity contribution is 5.96. The number of aromatic nitrogens is 1. The lowest BCUT2D eigenvalue weighted by Gasteiger charge is -2.19. The lowest BCUT2D eigenvalue weighted by Crippen LogP contribution is -2.24. The number of halogens is 2. The van der Waals surface area contributed by atoms with E-state index in [4.69, 9.17) is 0 Å². The van der Waals surface area contributed by atoms with Crippen molar-refractivity contribution in [2.75, 3.05) is 0 Å². The first-order chi connectivity index (χ1) is 10.4. The fraction of sp³-hybridized carbons (Fsp3) is 0.333. The first-order valence-electron chi connectivity index (χ1n) is 6.89. The van der Waals surface area contributed by atoms with Crippen molar-refractivity contribution in [2.24, 2.45) is 0 Å². The molecule has 1 heterocycles. The van der Waals surface area contributed by atoms with Crippen LogP contribution >= 0.6 is 0 Å². The van der Waals surface area contributed by atoms with E-state index >= 15 is 0 Å². The number of carboxylic acid groups (broad SMARTS) is 1. The van der Waals surface area contributed by atoms with Crippen LogP contribution in [-0.4, -0.2) is 20.7 Å². The number of carboxylic acids is 1. The third-order valence-electron chi connectivity index (χ3n) is 3.92. The van der Waals surface area contributed by atoms with E-state index in [9.17, 15) is 28.6 Å². The minimum atomic E-state index is -1.44. The molecule has 3 rings (SSSR count). The molecule has 1 fully saturated rings. The summed E-state index contributed by atoms with van der Waals surface area (Å²) >= 11 is 0. The minimum Gasteiger partial charge on any atom is -0.503 e. The Morgan fingerprint density at radius 2 is 2.05 bits per heavy atom. The number of rotatable bonds is 3. The zero-order valence-electron chi connectivity index (χ0n) is 11.7. The molecule has 0 saturated heterocycles. The molecule has 2 aromatic rings. The predicted molar refractivity (Wildman–Crippen MR) is 74.4 cm³/mol. The van der Waals surface area contributed by atoms with E-state index in [0.717, 1.165) is 12.8 Å². The monoisotopic (exact) mass is 309 g/mol. The van der Waals surface area contributed by atoms with Crippen LogP contribution in [0.1, 0.15) is 41.9 Å². The number of nitrogens with zero attached hydrogens (tertiary/aromatic N) is 1. The summed E-state index contributed by atoms with van der Waals surface area (Å²) in [5.41, 5.74) is -1.28. The average Bonchev–Trinajstić information content (AvgIpc) is 3.29. The van der Waals surface area contributed by atoms with Crippen molar-refractivity contribution in [2.45, 2.75) is 32.2 Å². The van der Waals surface area contributed by atoms with E-state index in [1.807, 2.05) is 0 Å². The summed E-state index contributed by atoms with van der Waals surface area (Å²) in [4.78, 5) is 23.8. The molecule has 0 unspecified atom stereocenters. The first kappa shape index (κ1) is 14.5. The summed E-state index contributed by atoms with van der Waals surface area (Å²) in [7, 11) is 0. The normalized spacial score (nSPS) is 14.5. The van der Waals surface area contributed by atoms with Crippen LogP contribution in [0.15, 0.2) is 10.9 Å². The van der Waals surface area contributed by atoms with Gasteiger partial charge in [-0.3, -0.25) is 4.79 Å². The van der Waals surface area contributed by atoms with Crippen molar-refractivity contribution < 1.29 is 23.8 Å². The van der Waals surface area contributed by atoms with Crippen molar-refractivity contribution in [3.05, 3.63) is 39.2 Å². The quantitative estimate of drug-likeness (QED) is 0.913. The minimum absolute atomic E-state index is 0.119. The van der Waals surface area contributed by atoms with E-state index in [1.165, 1.54) is 4.57 Å². The van der Waals surface area contributed by atoms with Gasteiger partial charge in [0.1, 0.15) is 5.56 Å². The summed E-state index contributed by atoms with van der Waals surface area (Å²) in [6.45, 7) is 1.67. The molecule has 0 atom stereocenters. The average molecular weight is 309 g/mol. The summed E-state index contributed by atoms with van der Waals surface area (Å²) in [6, 6.07) is 0.532. The fourth-order valence-electron chi connectivity index (χ4n) is 2.84. The molecule has 0 aliphatic heterocycles. The Morgan fingerprint density at radius 1 is 1.41 bits per heavy atom. The zero-order chi connectivity index (χ0) is 16.2. The Morgan fingerprint density at radius 3 is 2.55 bits per heavy atom. The maximum atomic E-state index is 13.7. The summed E-state index contributed by atoms with van der Waals surface area (Å²) in [5.74, 6) is -5.19. The van der Waals surface area contributed by atoms with E-state index in [2.05, 4.69) is 0 Å². The van der Waals surface area contributed by atoms with E-state index in [1.54, 1.807) is 6.92 Å². The Kier molecular flexibility index (Phi) is 3.16. The van der Waals surface area contributed by atoms with Crippen molar-refractivity contribution in [3.8, 4) is 5.75 Å². The molecule has 1 aromatic carbocycles. The summed E-state index contributed by atoms with van der Waals surface area (Å²) < 4.78 is 28.7. The van der Waals surface area contributed by atoms with Gasteiger partial charge in [-0.25, -0.2) is 9.18 Å². The van der Waals surface area contributed by atoms with Gasteiger partial charge in [0.2, 0.25) is 11.2 Å². The second-order valence-corrected chi connectivity index (χ2v) is 5.33. The Hall–Kier alpha value is -2.44.